The highest BCUT2D eigenvalue weighted by molar-refractivity contribution is 8.66. The van der Waals surface area contributed by atoms with Crippen LogP contribution in [0.4, 0.5) is 0 Å². The molecule has 0 rings (SSSR count). The van der Waals surface area contributed by atoms with E-state index in [2.05, 4.69) is 27.0 Å². The fraction of sp³-hybridized carbons (Fsp3) is 0. The van der Waals surface area contributed by atoms with Crippen molar-refractivity contribution in [3.05, 3.63) is 0 Å². The summed E-state index contributed by atoms with van der Waals surface area (Å²) in [6, 6.07) is 0. The Labute approximate surface area is 59.0 Å². The Morgan fingerprint density at radius 2 is 1.88 bits per heavy atom. The molecule has 0 amide bonds. The molecule has 0 fully saturated rings. The summed E-state index contributed by atoms with van der Waals surface area (Å²) in [5.41, 5.74) is 0. The molecule has 0 spiro atoms. The van der Waals surface area contributed by atoms with Crippen molar-refractivity contribution in [2.75, 3.05) is 0 Å². The first-order valence-electron chi connectivity index (χ1n) is 1.20. The molecule has 4 nitrogen and oxygen atoms in total. The van der Waals surface area contributed by atoms with Gasteiger partial charge in [-0.2, -0.15) is 12.0 Å². The largest absolute Gasteiger partial charge is 0.332 e. The van der Waals surface area contributed by atoms with E-state index in [1.807, 2.05) is 0 Å². The van der Waals surface area contributed by atoms with Crippen LogP contribution in [0.15, 0.2) is 0 Å². The summed E-state index contributed by atoms with van der Waals surface area (Å²) >= 11 is 6.02. The van der Waals surface area contributed by atoms with E-state index < -0.39 is 19.3 Å². The van der Waals surface area contributed by atoms with Crippen LogP contribution in [0.25, 0.3) is 0 Å². The summed E-state index contributed by atoms with van der Waals surface area (Å²) in [7, 11) is -6.01. The zero-order chi connectivity index (χ0) is 6.78. The van der Waals surface area contributed by atoms with E-state index in [0.717, 1.165) is 0 Å². The maximum Gasteiger partial charge on any atom is 0.332 e. The molecule has 0 aliphatic heterocycles. The van der Waals surface area contributed by atoms with Crippen LogP contribution in [0.2, 0.25) is 0 Å². The summed E-state index contributed by atoms with van der Waals surface area (Å²) < 4.78 is 33.1. The molecular formula is H2O4S4. The van der Waals surface area contributed by atoms with Gasteiger partial charge in [0.05, 0.1) is 0 Å². The van der Waals surface area contributed by atoms with Gasteiger partial charge in [-0.1, -0.05) is 0 Å². The minimum Gasteiger partial charge on any atom is -0.216 e. The summed E-state index contributed by atoms with van der Waals surface area (Å²) in [6.45, 7) is 0. The van der Waals surface area contributed by atoms with Crippen molar-refractivity contribution >= 4 is 42.6 Å². The molecule has 0 bridgehead atoms. The van der Waals surface area contributed by atoms with Crippen LogP contribution in [0.5, 0.6) is 0 Å². The molecule has 1 unspecified atom stereocenters. The van der Waals surface area contributed by atoms with Gasteiger partial charge in [-0.05, 0) is 23.3 Å². The van der Waals surface area contributed by atoms with Crippen LogP contribution in [0.1, 0.15) is 0 Å². The highest BCUT2D eigenvalue weighted by Crippen LogP contribution is 2.02. The molecule has 0 aromatic rings. The summed E-state index contributed by atoms with van der Waals surface area (Å²) in [5.74, 6) is 0. The first-order valence-corrected chi connectivity index (χ1v) is 5.79. The van der Waals surface area contributed by atoms with Crippen LogP contribution in [0, 0.1) is 0 Å². The van der Waals surface area contributed by atoms with Crippen LogP contribution in [0.3, 0.4) is 0 Å². The SMILES string of the molecule is O=S(S)OS(=O)(=O)S. The Morgan fingerprint density at radius 1 is 1.50 bits per heavy atom. The molecule has 0 aliphatic carbocycles. The van der Waals surface area contributed by atoms with Crippen molar-refractivity contribution in [2.24, 2.45) is 0 Å². The van der Waals surface area contributed by atoms with Gasteiger partial charge in [-0.15, -0.1) is 0 Å². The second kappa shape index (κ2) is 3.06. The predicted molar refractivity (Wildman–Crippen MR) is 36.1 cm³/mol. The van der Waals surface area contributed by atoms with Crippen LogP contribution >= 0.6 is 23.3 Å². The number of thiol groups is 2. The Morgan fingerprint density at radius 3 is 1.88 bits per heavy atom. The van der Waals surface area contributed by atoms with E-state index in [0.29, 0.717) is 0 Å². The average molecular weight is 194 g/mol. The summed E-state index contributed by atoms with van der Waals surface area (Å²) in [6.07, 6.45) is 0. The van der Waals surface area contributed by atoms with E-state index >= 15 is 0 Å². The zero-order valence-electron chi connectivity index (χ0n) is 3.34. The van der Waals surface area contributed by atoms with Gasteiger partial charge in [-0.25, -0.2) is 4.21 Å². The van der Waals surface area contributed by atoms with E-state index in [9.17, 15) is 12.6 Å². The first-order chi connectivity index (χ1) is 3.42. The molecule has 0 saturated carbocycles. The van der Waals surface area contributed by atoms with E-state index in [-0.39, 0.29) is 0 Å². The topological polar surface area (TPSA) is 60.4 Å². The van der Waals surface area contributed by atoms with Crippen molar-refractivity contribution in [1.82, 2.24) is 0 Å². The minimum atomic E-state index is -3.91. The molecule has 0 N–H and O–H groups in total. The third-order valence-corrected chi connectivity index (χ3v) is 2.39. The van der Waals surface area contributed by atoms with Gasteiger partial charge in [0.2, 0.25) is 10.1 Å². The maximum absolute atomic E-state index is 9.84. The number of hydrogen-bond donors (Lipinski definition) is 2. The molecule has 1 atom stereocenters. The average Bonchev–Trinajstić information content (AvgIpc) is 1.21. The monoisotopic (exact) mass is 194 g/mol. The van der Waals surface area contributed by atoms with Crippen LogP contribution in [-0.4, -0.2) is 12.6 Å². The highest BCUT2D eigenvalue weighted by Gasteiger charge is 2.04. The van der Waals surface area contributed by atoms with Gasteiger partial charge in [-0.3, -0.25) is 0 Å². The van der Waals surface area contributed by atoms with Gasteiger partial charge < -0.3 is 0 Å². The molecule has 0 aliphatic rings. The van der Waals surface area contributed by atoms with Crippen LogP contribution in [-0.2, 0) is 22.9 Å². The molecule has 0 aromatic heterocycles. The Bertz CT molecular complexity index is 174. The van der Waals surface area contributed by atoms with Crippen molar-refractivity contribution < 1.29 is 16.3 Å². The lowest BCUT2D eigenvalue weighted by atomic mass is 15.8. The Hall–Kier alpha value is 0.760. The quantitative estimate of drug-likeness (QED) is 0.467. The number of rotatable bonds is 2. The lowest BCUT2D eigenvalue weighted by molar-refractivity contribution is 0.523. The van der Waals surface area contributed by atoms with Gasteiger partial charge in [0, 0.05) is 0 Å². The summed E-state index contributed by atoms with van der Waals surface area (Å²) in [5, 5.41) is 0. The fourth-order valence-electron chi connectivity index (χ4n) is 0.0736. The maximum atomic E-state index is 9.84. The molecular weight excluding hydrogens is 192 g/mol. The van der Waals surface area contributed by atoms with Crippen molar-refractivity contribution in [3.8, 4) is 0 Å². The van der Waals surface area contributed by atoms with Crippen molar-refractivity contribution in [3.63, 3.8) is 0 Å². The van der Waals surface area contributed by atoms with E-state index in [1.54, 1.807) is 0 Å². The molecule has 8 heavy (non-hydrogen) atoms. The zero-order valence-corrected chi connectivity index (χ0v) is 6.77. The molecule has 0 radical (unpaired) electrons. The second-order valence-electron chi connectivity index (χ2n) is 0.713. The van der Waals surface area contributed by atoms with Gasteiger partial charge in [0.15, 0.2) is 0 Å². The van der Waals surface area contributed by atoms with Gasteiger partial charge in [0.25, 0.3) is 0 Å². The third kappa shape index (κ3) is 6.76. The molecule has 50 valence electrons. The molecule has 8 heteroatoms. The second-order valence-corrected chi connectivity index (χ2v) is 4.78. The lowest BCUT2D eigenvalue weighted by Gasteiger charge is -1.87. The first kappa shape index (κ1) is 8.76. The minimum absolute atomic E-state index is 2.10. The Balaban J connectivity index is 3.95. The molecule has 0 aromatic carbocycles. The van der Waals surface area contributed by atoms with Crippen molar-refractivity contribution in [2.45, 2.75) is 0 Å². The van der Waals surface area contributed by atoms with Crippen LogP contribution < -0.4 is 0 Å². The molecule has 0 heterocycles. The van der Waals surface area contributed by atoms with Gasteiger partial charge in [0.1, 0.15) is 0 Å². The van der Waals surface area contributed by atoms with Gasteiger partial charge >= 0.3 is 9.15 Å². The molecule has 0 saturated heterocycles. The Kier molecular flexibility index (Phi) is 3.35. The van der Waals surface area contributed by atoms with E-state index in [1.165, 1.54) is 0 Å². The standard InChI is InChI=1S/H2O4S4/c1-7(5)4-8(2,3)6/h(H,1,5)(H,2,3,6). The third-order valence-electron chi connectivity index (χ3n) is 0.144. The normalized spacial score (nSPS) is 15.8. The highest BCUT2D eigenvalue weighted by atomic mass is 33.2. The number of hydrogen-bond acceptors (Lipinski definition) is 4. The summed E-state index contributed by atoms with van der Waals surface area (Å²) in [4.78, 5) is 0. The predicted octanol–water partition coefficient (Wildman–Crippen LogP) is -0.314. The van der Waals surface area contributed by atoms with Crippen molar-refractivity contribution in [1.29, 1.82) is 0 Å². The lowest BCUT2D eigenvalue weighted by Crippen LogP contribution is -1.94. The van der Waals surface area contributed by atoms with E-state index in [4.69, 9.17) is 0 Å². The smallest absolute Gasteiger partial charge is 0.216 e. The fourth-order valence-corrected chi connectivity index (χ4v) is 2.31.